The topological polar surface area (TPSA) is 477 Å². The zero-order chi connectivity index (χ0) is 89.3. The molecule has 14 amide bonds. The van der Waals surface area contributed by atoms with E-state index in [-0.39, 0.29) is 148 Å². The van der Waals surface area contributed by atoms with E-state index in [1.807, 2.05) is 97.1 Å². The van der Waals surface area contributed by atoms with E-state index in [1.54, 1.807) is 14.5 Å². The van der Waals surface area contributed by atoms with Gasteiger partial charge in [-0.1, -0.05) is 107 Å². The third-order valence-electron chi connectivity index (χ3n) is 20.2. The molecule has 0 spiro atoms. The highest BCUT2D eigenvalue weighted by molar-refractivity contribution is 6.27. The number of piperidine rings is 2. The zero-order valence-electron chi connectivity index (χ0n) is 69.5. The Balaban J connectivity index is 0.000000207. The second-order valence-corrected chi connectivity index (χ2v) is 28.9. The van der Waals surface area contributed by atoms with Crippen LogP contribution in [0.4, 0.5) is 32.3 Å². The second-order valence-electron chi connectivity index (χ2n) is 28.9. The zero-order valence-corrected chi connectivity index (χ0v) is 69.5. The largest absolute Gasteiger partial charge is 0.379 e. The lowest BCUT2D eigenvalue weighted by molar-refractivity contribution is -0.137. The third-order valence-corrected chi connectivity index (χ3v) is 20.2. The maximum atomic E-state index is 13.5. The highest BCUT2D eigenvalue weighted by Crippen LogP contribution is 2.42. The fourth-order valence-corrected chi connectivity index (χ4v) is 14.1. The summed E-state index contributed by atoms with van der Waals surface area (Å²) < 4.78 is 45.7. The second kappa shape index (κ2) is 47.3. The molecule has 0 saturated carbocycles. The predicted molar refractivity (Wildman–Crippen MR) is 453 cm³/mol. The summed E-state index contributed by atoms with van der Waals surface area (Å²) in [4.78, 5) is 182. The summed E-state index contributed by atoms with van der Waals surface area (Å²) in [5.41, 5.74) is 16.9. The summed E-state index contributed by atoms with van der Waals surface area (Å²) >= 11 is 0. The molecule has 38 nitrogen and oxygen atoms in total. The van der Waals surface area contributed by atoms with Gasteiger partial charge in [-0.2, -0.15) is 0 Å². The highest BCUT2D eigenvalue weighted by atomic mass is 16.6. The van der Waals surface area contributed by atoms with Gasteiger partial charge in [0.05, 0.1) is 176 Å². The number of azide groups is 1. The minimum absolute atomic E-state index is 0.000724. The van der Waals surface area contributed by atoms with Crippen LogP contribution in [0.15, 0.2) is 139 Å². The number of hydrogen-bond donors (Lipinski definition) is 6. The molecule has 126 heavy (non-hydrogen) atoms. The van der Waals surface area contributed by atoms with Gasteiger partial charge in [0.1, 0.15) is 29.3 Å². The number of ketones is 2. The summed E-state index contributed by atoms with van der Waals surface area (Å²) in [7, 11) is 0. The molecular weight excluding hydrogens is 1630 g/mol. The molecule has 6 N–H and O–H groups in total. The van der Waals surface area contributed by atoms with Crippen LogP contribution in [-0.4, -0.2) is 245 Å². The van der Waals surface area contributed by atoms with Crippen molar-refractivity contribution in [1.29, 1.82) is 0 Å². The monoisotopic (exact) mass is 1730 g/mol. The number of carbonyl (C=O) groups excluding carboxylic acids is 14. The Morgan fingerprint density at radius 2 is 0.873 bits per heavy atom. The van der Waals surface area contributed by atoms with Crippen molar-refractivity contribution in [3.05, 3.63) is 188 Å². The lowest BCUT2D eigenvalue weighted by Gasteiger charge is -2.28. The molecular formula is C88H96N16O22. The number of nitrogens with zero attached hydrogens (tertiary/aromatic N) is 10. The SMILES string of the molecule is CC(=O)CCC(=O)N1Cc2ccccc2-c2nnn(CCOCCOCCOCCOCCNC(=O)Nc3cccc4c3C(=O)N(C3CCC(=O)NC3=O)C4=O)c2-c2ccccc21.CC(=O)CCC(=O)N1Cc2ccccc2C#Cc2ccccc21.[N-]=[N+]=NCCOCCOCCOCCOCCNC(=O)Nc1cccc2c1C(=O)N(C1CCC(=O)NC1=O)C2=O. The Labute approximate surface area is 723 Å². The van der Waals surface area contributed by atoms with Gasteiger partial charge in [0.2, 0.25) is 35.4 Å². The van der Waals surface area contributed by atoms with E-state index >= 15 is 0 Å². The van der Waals surface area contributed by atoms with Gasteiger partial charge >= 0.3 is 12.1 Å². The minimum atomic E-state index is -1.11. The summed E-state index contributed by atoms with van der Waals surface area (Å²) in [6, 6.07) is 36.4. The van der Waals surface area contributed by atoms with Crippen LogP contribution in [0.1, 0.15) is 129 Å². The first-order valence-electron chi connectivity index (χ1n) is 41.0. The Kier molecular flexibility index (Phi) is 35.0. The third kappa shape index (κ3) is 25.3. The number of imide groups is 4. The molecule has 2 atom stereocenters. The molecule has 2 saturated heterocycles. The van der Waals surface area contributed by atoms with E-state index in [4.69, 9.17) is 43.4 Å². The molecule has 1 aromatic heterocycles. The molecule has 6 aliphatic heterocycles. The first kappa shape index (κ1) is 93.1. The van der Waals surface area contributed by atoms with Crippen LogP contribution in [-0.2, 0) is 95.9 Å². The van der Waals surface area contributed by atoms with E-state index < -0.39 is 71.4 Å². The number of benzene rings is 6. The van der Waals surface area contributed by atoms with E-state index in [2.05, 4.69) is 64.1 Å². The number of ether oxygens (including phenoxy) is 8. The van der Waals surface area contributed by atoms with E-state index in [9.17, 15) is 67.1 Å². The van der Waals surface area contributed by atoms with Gasteiger partial charge in [0.15, 0.2) is 0 Å². The molecule has 6 aromatic carbocycles. The number of amides is 14. The maximum absolute atomic E-state index is 13.5. The van der Waals surface area contributed by atoms with Gasteiger partial charge in [-0.05, 0) is 91.9 Å². The number of nitrogens with one attached hydrogen (secondary N) is 6. The standard InChI is InChI=1S/C44H48N8O11.C24H31N7O9.C20H17NO2/c1-28(53)13-16-37(55)50-27-29-7-2-3-8-30(29)39-40(31-9-4-5-12-34(31)50)51(49-48-39)18-20-61-22-24-63-26-25-62-23-21-60-19-17-45-44(59)46-33-11-6-10-32-38(33)43(58)52(42(32)57)35-14-15-36(54)47-41(35)56;25-30-27-7-9-38-11-13-40-15-14-39-12-10-37-8-6-26-24(36)28-17-3-1-2-16-20(17)23(35)31(22(16)34)18-4-5-19(32)29-21(18)33;1-15(22)10-13-20(23)21-14-18-8-3-2-6-16(18)11-12-17-7-4-5-9-19(17)21/h2-12,35H,13-27H2,1H3,(H2,45,46,59)(H,47,54,56);1-3,18H,4-15H2,(H2,26,28,36)(H,29,32,33);2-9H,10,13-14H2,1H3. The van der Waals surface area contributed by atoms with E-state index in [0.717, 1.165) is 65.9 Å². The van der Waals surface area contributed by atoms with Crippen molar-refractivity contribution in [1.82, 2.24) is 46.1 Å². The number of para-hydroxylation sites is 2. The molecule has 6 aliphatic rings. The minimum Gasteiger partial charge on any atom is -0.379 e. The molecule has 0 radical (unpaired) electrons. The summed E-state index contributed by atoms with van der Waals surface area (Å²) in [5, 5.41) is 27.1. The van der Waals surface area contributed by atoms with Gasteiger partial charge in [-0.15, -0.1) is 5.10 Å². The fourth-order valence-electron chi connectivity index (χ4n) is 14.1. The van der Waals surface area contributed by atoms with Crippen molar-refractivity contribution >= 4 is 105 Å². The van der Waals surface area contributed by atoms with Crippen molar-refractivity contribution in [2.45, 2.75) is 96.9 Å². The molecule has 0 aliphatic carbocycles. The molecule has 2 fully saturated rings. The number of fused-ring (bicyclic) bond motifs is 9. The molecule has 38 heteroatoms. The van der Waals surface area contributed by atoms with Crippen molar-refractivity contribution < 1.29 is 105 Å². The summed E-state index contributed by atoms with van der Waals surface area (Å²) in [6.07, 6.45) is 0.857. The Hall–Kier alpha value is -13.6. The lowest BCUT2D eigenvalue weighted by Crippen LogP contribution is -2.54. The lowest BCUT2D eigenvalue weighted by atomic mass is 9.95. The number of urea groups is 2. The van der Waals surface area contributed by atoms with Gasteiger partial charge in [0.25, 0.3) is 23.6 Å². The molecule has 0 bridgehead atoms. The van der Waals surface area contributed by atoms with Crippen molar-refractivity contribution in [2.75, 3.05) is 146 Å². The predicted octanol–water partition coefficient (Wildman–Crippen LogP) is 7.01. The molecule has 7 heterocycles. The van der Waals surface area contributed by atoms with Crippen LogP contribution in [0.2, 0.25) is 0 Å². The molecule has 7 aromatic rings. The van der Waals surface area contributed by atoms with Gasteiger partial charge < -0.3 is 78.6 Å². The average Bonchev–Trinajstić information content (AvgIpc) is 1.52. The number of aromatic nitrogens is 3. The first-order chi connectivity index (χ1) is 61.2. The quantitative estimate of drug-likeness (QED) is 0.00561. The number of anilines is 4. The normalized spacial score (nSPS) is 15.2. The van der Waals surface area contributed by atoms with Crippen LogP contribution >= 0.6 is 0 Å². The number of Topliss-reactive ketones (excluding diaryl/α,β-unsaturated/α-hetero) is 2. The average molecular weight is 1730 g/mol. The first-order valence-corrected chi connectivity index (χ1v) is 41.0. The van der Waals surface area contributed by atoms with Crippen LogP contribution in [0.5, 0.6) is 0 Å². The maximum Gasteiger partial charge on any atom is 0.319 e. The Bertz CT molecular complexity index is 5310. The number of rotatable bonds is 40. The number of carbonyl (C=O) groups is 14. The van der Waals surface area contributed by atoms with Crippen LogP contribution < -0.4 is 41.7 Å². The Morgan fingerprint density at radius 1 is 0.460 bits per heavy atom. The fraction of sp³-hybridized carbons (Fsp3) is 0.386. The summed E-state index contributed by atoms with van der Waals surface area (Å²) in [6.45, 7) is 10.1. The van der Waals surface area contributed by atoms with Gasteiger partial charge in [-0.25, -0.2) is 14.3 Å². The van der Waals surface area contributed by atoms with Crippen molar-refractivity contribution in [2.24, 2.45) is 5.11 Å². The Morgan fingerprint density at radius 3 is 1.37 bits per heavy atom. The van der Waals surface area contributed by atoms with Gasteiger partial charge in [0, 0.05) is 85.3 Å². The van der Waals surface area contributed by atoms with Gasteiger partial charge in [-0.3, -0.25) is 68.4 Å². The highest BCUT2D eigenvalue weighted by Gasteiger charge is 2.48. The van der Waals surface area contributed by atoms with E-state index in [0.29, 0.717) is 106 Å². The van der Waals surface area contributed by atoms with Crippen LogP contribution in [0, 0.1) is 11.8 Å². The number of hydrogen-bond acceptors (Lipinski definition) is 25. The van der Waals surface area contributed by atoms with Crippen molar-refractivity contribution in [3.8, 4) is 34.4 Å². The van der Waals surface area contributed by atoms with Crippen LogP contribution in [0.25, 0.3) is 33.0 Å². The smallest absolute Gasteiger partial charge is 0.319 e. The molecule has 2 unspecified atom stereocenters. The van der Waals surface area contributed by atoms with Crippen molar-refractivity contribution in [3.63, 3.8) is 0 Å². The van der Waals surface area contributed by atoms with E-state index in [1.165, 1.54) is 50.2 Å². The summed E-state index contributed by atoms with van der Waals surface area (Å²) in [5.74, 6) is 1.04. The van der Waals surface area contributed by atoms with Crippen LogP contribution in [0.3, 0.4) is 0 Å². The molecule has 13 rings (SSSR count). The molecule has 660 valence electrons.